The molecule has 0 aliphatic rings. The number of oxime groups is 1. The zero-order valence-corrected chi connectivity index (χ0v) is 10.4. The van der Waals surface area contributed by atoms with E-state index < -0.39 is 11.9 Å². The van der Waals surface area contributed by atoms with Crippen LogP contribution in [-0.4, -0.2) is 31.2 Å². The predicted molar refractivity (Wildman–Crippen MR) is 62.3 cm³/mol. The van der Waals surface area contributed by atoms with Gasteiger partial charge in [0.05, 0.1) is 5.56 Å². The van der Waals surface area contributed by atoms with Crippen molar-refractivity contribution >= 4 is 17.6 Å². The van der Waals surface area contributed by atoms with E-state index in [-0.39, 0.29) is 21.6 Å². The normalized spacial score (nSPS) is 12.7. The number of amidine groups is 1. The highest BCUT2D eigenvalue weighted by Gasteiger charge is 2.33. The summed E-state index contributed by atoms with van der Waals surface area (Å²) in [5.41, 5.74) is 4.37. The molecule has 0 amide bonds. The third-order valence-electron chi connectivity index (χ3n) is 2.12. The molecule has 2 aromatic heterocycles. The molecule has 11 heteroatoms. The lowest BCUT2D eigenvalue weighted by Gasteiger charge is -2.10. The molecule has 2 heterocycles. The molecule has 0 atom stereocenters. The summed E-state index contributed by atoms with van der Waals surface area (Å²) in [5.74, 6) is -0.353. The zero-order chi connectivity index (χ0) is 14.8. The van der Waals surface area contributed by atoms with Gasteiger partial charge in [0.15, 0.2) is 11.0 Å². The average molecular weight is 304 g/mol. The molecule has 0 radical (unpaired) electrons. The summed E-state index contributed by atoms with van der Waals surface area (Å²) in [6.45, 7) is 0. The Morgan fingerprint density at radius 1 is 1.40 bits per heavy atom. The second-order valence-electron chi connectivity index (χ2n) is 3.42. The number of hydrogen-bond acceptors (Lipinski definition) is 6. The Hall–Kier alpha value is -2.30. The third kappa shape index (κ3) is 2.99. The molecule has 0 unspecified atom stereocenters. The van der Waals surface area contributed by atoms with Crippen LogP contribution in [0.1, 0.15) is 11.3 Å². The van der Waals surface area contributed by atoms with Crippen LogP contribution in [0.3, 0.4) is 0 Å². The molecule has 4 N–H and O–H groups in total. The molecule has 0 aromatic carbocycles. The first-order chi connectivity index (χ1) is 9.41. The summed E-state index contributed by atoms with van der Waals surface area (Å²) in [6, 6.07) is 1.82. The van der Waals surface area contributed by atoms with Gasteiger partial charge in [-0.1, -0.05) is 5.16 Å². The minimum atomic E-state index is -4.60. The lowest BCUT2D eigenvalue weighted by Crippen LogP contribution is -2.17. The van der Waals surface area contributed by atoms with Crippen LogP contribution in [0.4, 0.5) is 13.2 Å². The second-order valence-corrected chi connectivity index (χ2v) is 4.40. The van der Waals surface area contributed by atoms with Crippen molar-refractivity contribution < 1.29 is 18.4 Å². The Bertz CT molecular complexity index is 627. The van der Waals surface area contributed by atoms with Gasteiger partial charge < -0.3 is 10.9 Å². The Labute approximate surface area is 114 Å². The van der Waals surface area contributed by atoms with Crippen molar-refractivity contribution in [3.8, 4) is 0 Å². The topological polar surface area (TPSA) is 113 Å². The van der Waals surface area contributed by atoms with Crippen molar-refractivity contribution in [1.29, 1.82) is 0 Å². The highest BCUT2D eigenvalue weighted by molar-refractivity contribution is 7.99. The van der Waals surface area contributed by atoms with E-state index in [2.05, 4.69) is 25.3 Å². The van der Waals surface area contributed by atoms with Crippen molar-refractivity contribution in [3.05, 3.63) is 29.7 Å². The first-order valence-electron chi connectivity index (χ1n) is 5.01. The van der Waals surface area contributed by atoms with Gasteiger partial charge in [-0.05, 0) is 23.9 Å². The van der Waals surface area contributed by atoms with Crippen molar-refractivity contribution in [3.63, 3.8) is 0 Å². The van der Waals surface area contributed by atoms with Crippen molar-refractivity contribution in [1.82, 2.24) is 20.2 Å². The number of nitrogens with two attached hydrogens (primary N) is 1. The van der Waals surface area contributed by atoms with Crippen LogP contribution in [0.2, 0.25) is 0 Å². The molecular weight excluding hydrogens is 297 g/mol. The van der Waals surface area contributed by atoms with Crippen LogP contribution in [-0.2, 0) is 6.18 Å². The van der Waals surface area contributed by atoms with Crippen LogP contribution in [0.25, 0.3) is 0 Å². The fraction of sp³-hybridized carbons (Fsp3) is 0.111. The summed E-state index contributed by atoms with van der Waals surface area (Å²) in [6.07, 6.45) is -3.40. The fourth-order valence-corrected chi connectivity index (χ4v) is 2.07. The molecular formula is C9H7F3N6OS. The van der Waals surface area contributed by atoms with Gasteiger partial charge in [0, 0.05) is 0 Å². The number of alkyl halides is 3. The molecule has 0 spiro atoms. The number of rotatable bonds is 3. The van der Waals surface area contributed by atoms with Crippen LogP contribution in [0, 0.1) is 0 Å². The fourth-order valence-electron chi connectivity index (χ4n) is 1.26. The van der Waals surface area contributed by atoms with Crippen LogP contribution >= 0.6 is 11.8 Å². The molecule has 0 saturated heterocycles. The predicted octanol–water partition coefficient (Wildman–Crippen LogP) is 1.46. The second kappa shape index (κ2) is 5.36. The van der Waals surface area contributed by atoms with Crippen molar-refractivity contribution in [2.45, 2.75) is 16.4 Å². The SMILES string of the molecule is NC(=NO)c1ccc(C(F)(F)F)nc1Sc1ncn[nH]1. The number of nitrogens with one attached hydrogen (secondary N) is 1. The third-order valence-corrected chi connectivity index (χ3v) is 3.02. The largest absolute Gasteiger partial charge is 0.433 e. The lowest BCUT2D eigenvalue weighted by atomic mass is 10.2. The maximum absolute atomic E-state index is 12.6. The van der Waals surface area contributed by atoms with Gasteiger partial charge in [-0.3, -0.25) is 5.10 Å². The van der Waals surface area contributed by atoms with E-state index in [4.69, 9.17) is 10.9 Å². The van der Waals surface area contributed by atoms with Crippen LogP contribution in [0.5, 0.6) is 0 Å². The Balaban J connectivity index is 2.48. The number of H-pyrrole nitrogens is 1. The highest BCUT2D eigenvalue weighted by Crippen LogP contribution is 2.32. The summed E-state index contributed by atoms with van der Waals surface area (Å²) in [5, 5.41) is 17.5. The Kier molecular flexibility index (Phi) is 3.79. The Morgan fingerprint density at radius 3 is 2.70 bits per heavy atom. The first kappa shape index (κ1) is 14.1. The molecule has 2 aromatic rings. The minimum absolute atomic E-state index is 0.0573. The number of pyridine rings is 1. The van der Waals surface area contributed by atoms with Gasteiger partial charge in [0.2, 0.25) is 0 Å². The number of hydrogen-bond donors (Lipinski definition) is 3. The molecule has 106 valence electrons. The van der Waals surface area contributed by atoms with E-state index in [1.807, 2.05) is 0 Å². The smallest absolute Gasteiger partial charge is 0.409 e. The van der Waals surface area contributed by atoms with E-state index in [0.717, 1.165) is 23.9 Å². The van der Waals surface area contributed by atoms with Crippen molar-refractivity contribution in [2.24, 2.45) is 10.9 Å². The van der Waals surface area contributed by atoms with E-state index in [1.165, 1.54) is 6.33 Å². The molecule has 0 aliphatic carbocycles. The molecule has 0 fully saturated rings. The highest BCUT2D eigenvalue weighted by atomic mass is 32.2. The number of aromatic nitrogens is 4. The van der Waals surface area contributed by atoms with E-state index in [9.17, 15) is 13.2 Å². The number of halogens is 3. The quantitative estimate of drug-likeness (QED) is 0.342. The van der Waals surface area contributed by atoms with Crippen molar-refractivity contribution in [2.75, 3.05) is 0 Å². The Morgan fingerprint density at radius 2 is 2.15 bits per heavy atom. The van der Waals surface area contributed by atoms with Gasteiger partial charge in [-0.25, -0.2) is 9.97 Å². The monoisotopic (exact) mass is 304 g/mol. The molecule has 0 aliphatic heterocycles. The standard InChI is InChI=1S/C9H7F3N6OS/c10-9(11,12)5-2-1-4(6(13)18-19)7(16-5)20-8-14-3-15-17-8/h1-3,19H,(H2,13,18)(H,14,15,17). The molecule has 0 saturated carbocycles. The summed E-state index contributed by atoms with van der Waals surface area (Å²) >= 11 is 0.783. The van der Waals surface area contributed by atoms with E-state index >= 15 is 0 Å². The van der Waals surface area contributed by atoms with E-state index in [0.29, 0.717) is 0 Å². The van der Waals surface area contributed by atoms with Gasteiger partial charge in [0.25, 0.3) is 0 Å². The maximum Gasteiger partial charge on any atom is 0.433 e. The maximum atomic E-state index is 12.6. The molecule has 0 bridgehead atoms. The molecule has 2 rings (SSSR count). The molecule has 7 nitrogen and oxygen atoms in total. The number of nitrogens with zero attached hydrogens (tertiary/aromatic N) is 4. The van der Waals surface area contributed by atoms with E-state index in [1.54, 1.807) is 0 Å². The van der Waals surface area contributed by atoms with Gasteiger partial charge >= 0.3 is 6.18 Å². The molecule has 20 heavy (non-hydrogen) atoms. The van der Waals surface area contributed by atoms with Gasteiger partial charge in [0.1, 0.15) is 17.0 Å². The van der Waals surface area contributed by atoms with Crippen LogP contribution in [0.15, 0.2) is 33.8 Å². The zero-order valence-electron chi connectivity index (χ0n) is 9.59. The first-order valence-corrected chi connectivity index (χ1v) is 5.83. The van der Waals surface area contributed by atoms with Gasteiger partial charge in [-0.15, -0.1) is 0 Å². The lowest BCUT2D eigenvalue weighted by molar-refractivity contribution is -0.141. The van der Waals surface area contributed by atoms with Gasteiger partial charge in [-0.2, -0.15) is 18.3 Å². The summed E-state index contributed by atoms with van der Waals surface area (Å²) in [7, 11) is 0. The van der Waals surface area contributed by atoms with Crippen LogP contribution < -0.4 is 5.73 Å². The number of aromatic amines is 1. The summed E-state index contributed by atoms with van der Waals surface area (Å²) in [4.78, 5) is 7.23. The summed E-state index contributed by atoms with van der Waals surface area (Å²) < 4.78 is 37.9. The minimum Gasteiger partial charge on any atom is -0.409 e. The average Bonchev–Trinajstić information content (AvgIpc) is 2.89.